The zero-order chi connectivity index (χ0) is 24.5. The maximum atomic E-state index is 12.6. The zero-order valence-electron chi connectivity index (χ0n) is 18.5. The van der Waals surface area contributed by atoms with Crippen LogP contribution in [-0.2, 0) is 4.74 Å². The van der Waals surface area contributed by atoms with E-state index in [1.807, 2.05) is 12.1 Å². The number of fused-ring (bicyclic) bond motifs is 1. The van der Waals surface area contributed by atoms with E-state index in [4.69, 9.17) is 10.5 Å². The Hall–Kier alpha value is -3.43. The first-order valence-electron chi connectivity index (χ1n) is 11.0. The summed E-state index contributed by atoms with van der Waals surface area (Å²) < 4.78 is 62.3. The van der Waals surface area contributed by atoms with Gasteiger partial charge in [0.05, 0.1) is 16.9 Å². The number of nitrogens with two attached hydrogens (primary N) is 1. The molecule has 0 radical (unpaired) electrons. The second-order valence-electron chi connectivity index (χ2n) is 8.22. The summed E-state index contributed by atoms with van der Waals surface area (Å²) in [6, 6.07) is 12.3. The third kappa shape index (κ3) is 4.76. The van der Waals surface area contributed by atoms with Crippen molar-refractivity contribution in [2.45, 2.75) is 44.5 Å². The minimum atomic E-state index is -4.63. The Balaban J connectivity index is 1.63. The highest BCUT2D eigenvalue weighted by Crippen LogP contribution is 2.45. The van der Waals surface area contributed by atoms with E-state index in [0.29, 0.717) is 11.4 Å². The second-order valence-corrected chi connectivity index (χ2v) is 8.22. The predicted molar refractivity (Wildman–Crippen MR) is 122 cm³/mol. The number of nitrogen functional groups attached to an aromatic ring is 1. The first-order valence-corrected chi connectivity index (χ1v) is 11.0. The average Bonchev–Trinajstić information content (AvgIpc) is 3.02. The first kappa shape index (κ1) is 23.7. The zero-order valence-corrected chi connectivity index (χ0v) is 18.5. The summed E-state index contributed by atoms with van der Waals surface area (Å²) in [5.41, 5.74) is 9.89. The summed E-state index contributed by atoms with van der Waals surface area (Å²) in [5, 5.41) is 3.15. The maximum Gasteiger partial charge on any atom is 0.425 e. The Kier molecular flexibility index (Phi) is 6.58. The van der Waals surface area contributed by atoms with Crippen molar-refractivity contribution in [3.8, 4) is 17.0 Å². The Morgan fingerprint density at radius 1 is 1.21 bits per heavy atom. The Bertz CT molecular complexity index is 1170. The molecule has 4 rings (SSSR count). The highest BCUT2D eigenvalue weighted by molar-refractivity contribution is 6.01. The van der Waals surface area contributed by atoms with E-state index in [1.54, 1.807) is 30.3 Å². The maximum absolute atomic E-state index is 12.6. The third-order valence-corrected chi connectivity index (χ3v) is 5.95. The number of nitrogens with one attached hydrogen (secondary N) is 1. The highest BCUT2D eigenvalue weighted by atomic mass is 19.4. The van der Waals surface area contributed by atoms with Crippen molar-refractivity contribution in [2.24, 2.45) is 0 Å². The number of carbonyl (C=O) groups is 1. The van der Waals surface area contributed by atoms with Gasteiger partial charge in [-0.25, -0.2) is 9.18 Å². The molecule has 1 aliphatic carbocycles. The summed E-state index contributed by atoms with van der Waals surface area (Å²) in [7, 11) is 0. The van der Waals surface area contributed by atoms with Crippen LogP contribution in [0.4, 0.5) is 33.7 Å². The molecule has 1 atom stereocenters. The predicted octanol–water partition coefficient (Wildman–Crippen LogP) is 6.46. The van der Waals surface area contributed by atoms with Crippen molar-refractivity contribution >= 4 is 28.4 Å². The molecular weight excluding hydrogens is 454 g/mol. The molecule has 1 saturated carbocycles. The SMILES string of the molecule is C[C@@H](OC(=O)Nc1ccc(-c2c(N)c3ccc(OCCF)cc3n2C2CCC2)cc1)C(F)(F)F. The lowest BCUT2D eigenvalue weighted by Gasteiger charge is -2.30. The molecule has 3 aromatic rings. The van der Waals surface area contributed by atoms with Crippen LogP contribution in [0.15, 0.2) is 42.5 Å². The Morgan fingerprint density at radius 2 is 1.91 bits per heavy atom. The molecule has 6 nitrogen and oxygen atoms in total. The first-order chi connectivity index (χ1) is 16.2. The van der Waals surface area contributed by atoms with Gasteiger partial charge in [0.1, 0.15) is 19.0 Å². The van der Waals surface area contributed by atoms with Crippen molar-refractivity contribution in [2.75, 3.05) is 24.3 Å². The summed E-state index contributed by atoms with van der Waals surface area (Å²) in [6.07, 6.45) is -4.96. The van der Waals surface area contributed by atoms with E-state index in [0.717, 1.165) is 48.3 Å². The number of halogens is 4. The van der Waals surface area contributed by atoms with Gasteiger partial charge in [-0.1, -0.05) is 12.1 Å². The summed E-state index contributed by atoms with van der Waals surface area (Å²) >= 11 is 0. The van der Waals surface area contributed by atoms with Crippen LogP contribution in [0.3, 0.4) is 0 Å². The molecule has 34 heavy (non-hydrogen) atoms. The monoisotopic (exact) mass is 479 g/mol. The fraction of sp³-hybridized carbons (Fsp3) is 0.375. The molecule has 1 aromatic heterocycles. The van der Waals surface area contributed by atoms with Crippen molar-refractivity contribution in [1.29, 1.82) is 0 Å². The van der Waals surface area contributed by atoms with E-state index < -0.39 is 25.0 Å². The normalized spacial score (nSPS) is 15.1. The van der Waals surface area contributed by atoms with Gasteiger partial charge in [-0.3, -0.25) is 5.32 Å². The van der Waals surface area contributed by atoms with Crippen LogP contribution in [0.1, 0.15) is 32.2 Å². The standard InChI is InChI=1S/C24H25F4N3O3/c1-14(24(26,27)28)34-23(32)30-16-7-5-15(6-8-16)22-21(29)19-10-9-18(33-12-11-25)13-20(19)31(22)17-3-2-4-17/h5-10,13-14,17H,2-4,11-12,29H2,1H3,(H,30,32)/t14-/m1/s1. The number of amides is 1. The van der Waals surface area contributed by atoms with E-state index in [9.17, 15) is 22.4 Å². The number of hydrogen-bond acceptors (Lipinski definition) is 4. The van der Waals surface area contributed by atoms with Gasteiger partial charge in [-0.15, -0.1) is 0 Å². The molecule has 2 aromatic carbocycles. The molecule has 0 aliphatic heterocycles. The van der Waals surface area contributed by atoms with Crippen molar-refractivity contribution in [3.05, 3.63) is 42.5 Å². The second kappa shape index (κ2) is 9.44. The van der Waals surface area contributed by atoms with Crippen LogP contribution < -0.4 is 15.8 Å². The number of hydrogen-bond donors (Lipinski definition) is 2. The van der Waals surface area contributed by atoms with E-state index >= 15 is 0 Å². The van der Waals surface area contributed by atoms with Gasteiger partial charge in [0.25, 0.3) is 0 Å². The minimum absolute atomic E-state index is 0.0311. The lowest BCUT2D eigenvalue weighted by molar-refractivity contribution is -0.196. The molecule has 10 heteroatoms. The van der Waals surface area contributed by atoms with Gasteiger partial charge in [-0.05, 0) is 50.5 Å². The molecule has 0 spiro atoms. The number of benzene rings is 2. The molecule has 1 aliphatic rings. The van der Waals surface area contributed by atoms with Gasteiger partial charge in [0.15, 0.2) is 6.10 Å². The van der Waals surface area contributed by atoms with Gasteiger partial charge in [0.2, 0.25) is 0 Å². The van der Waals surface area contributed by atoms with Gasteiger partial charge >= 0.3 is 12.3 Å². The largest absolute Gasteiger partial charge is 0.491 e. The fourth-order valence-electron chi connectivity index (χ4n) is 3.97. The van der Waals surface area contributed by atoms with Crippen molar-refractivity contribution in [1.82, 2.24) is 4.57 Å². The highest BCUT2D eigenvalue weighted by Gasteiger charge is 2.39. The molecular formula is C24H25F4N3O3. The molecule has 1 amide bonds. The molecule has 0 bridgehead atoms. The molecule has 0 saturated heterocycles. The average molecular weight is 479 g/mol. The quantitative estimate of drug-likeness (QED) is 0.381. The molecule has 1 heterocycles. The van der Waals surface area contributed by atoms with Crippen LogP contribution in [0.25, 0.3) is 22.2 Å². The topological polar surface area (TPSA) is 78.5 Å². The van der Waals surface area contributed by atoms with Gasteiger partial charge in [0, 0.05) is 28.7 Å². The number of ether oxygens (including phenoxy) is 2. The van der Waals surface area contributed by atoms with Gasteiger partial charge < -0.3 is 19.8 Å². The molecule has 3 N–H and O–H groups in total. The van der Waals surface area contributed by atoms with Gasteiger partial charge in [-0.2, -0.15) is 13.2 Å². The van der Waals surface area contributed by atoms with Crippen LogP contribution in [0.2, 0.25) is 0 Å². The number of rotatable bonds is 7. The minimum Gasteiger partial charge on any atom is -0.491 e. The number of nitrogens with zero attached hydrogens (tertiary/aromatic N) is 1. The number of aromatic nitrogens is 1. The fourth-order valence-corrected chi connectivity index (χ4v) is 3.97. The third-order valence-electron chi connectivity index (χ3n) is 5.95. The summed E-state index contributed by atoms with van der Waals surface area (Å²) in [5.74, 6) is 0.556. The summed E-state index contributed by atoms with van der Waals surface area (Å²) in [6.45, 7) is 0.146. The lowest BCUT2D eigenvalue weighted by Crippen LogP contribution is -2.32. The van der Waals surface area contributed by atoms with Crippen LogP contribution in [0, 0.1) is 0 Å². The van der Waals surface area contributed by atoms with E-state index in [1.165, 1.54) is 0 Å². The van der Waals surface area contributed by atoms with Crippen molar-refractivity contribution in [3.63, 3.8) is 0 Å². The number of anilines is 2. The van der Waals surface area contributed by atoms with E-state index in [-0.39, 0.29) is 18.3 Å². The summed E-state index contributed by atoms with van der Waals surface area (Å²) in [4.78, 5) is 11.8. The Labute approximate surface area is 193 Å². The molecule has 0 unspecified atom stereocenters. The van der Waals surface area contributed by atoms with Crippen LogP contribution in [0.5, 0.6) is 5.75 Å². The van der Waals surface area contributed by atoms with E-state index in [2.05, 4.69) is 14.6 Å². The van der Waals surface area contributed by atoms with Crippen LogP contribution in [-0.4, -0.2) is 36.2 Å². The number of alkyl halides is 4. The lowest BCUT2D eigenvalue weighted by atomic mass is 9.92. The van der Waals surface area contributed by atoms with Crippen molar-refractivity contribution < 1.29 is 31.8 Å². The molecule has 1 fully saturated rings. The van der Waals surface area contributed by atoms with Crippen LogP contribution >= 0.6 is 0 Å². The number of carbonyl (C=O) groups excluding carboxylic acids is 1. The molecule has 182 valence electrons. The smallest absolute Gasteiger partial charge is 0.425 e. The Morgan fingerprint density at radius 3 is 2.50 bits per heavy atom.